The van der Waals surface area contributed by atoms with Gasteiger partial charge < -0.3 is 24.8 Å². The van der Waals surface area contributed by atoms with E-state index in [9.17, 15) is 4.79 Å². The van der Waals surface area contributed by atoms with E-state index in [4.69, 9.17) is 19.9 Å². The fourth-order valence-electron chi connectivity index (χ4n) is 2.80. The molecule has 6 heteroatoms. The van der Waals surface area contributed by atoms with Crippen LogP contribution in [0.5, 0.6) is 17.2 Å². The first-order valence-electron chi connectivity index (χ1n) is 7.28. The van der Waals surface area contributed by atoms with Gasteiger partial charge in [0.25, 0.3) is 5.91 Å². The molecule has 6 nitrogen and oxygen atoms in total. The van der Waals surface area contributed by atoms with Crippen molar-refractivity contribution in [2.45, 2.75) is 13.3 Å². The third-order valence-corrected chi connectivity index (χ3v) is 4.27. The molecule has 1 heterocycles. The summed E-state index contributed by atoms with van der Waals surface area (Å²) in [6.45, 7) is 4.02. The highest BCUT2D eigenvalue weighted by atomic mass is 16.5. The number of ether oxygens (including phenoxy) is 3. The Balaban J connectivity index is 2.34. The zero-order valence-electron chi connectivity index (χ0n) is 13.6. The number of nitrogens with zero attached hydrogens (tertiary/aromatic N) is 1. The van der Waals surface area contributed by atoms with Crippen molar-refractivity contribution in [2.24, 2.45) is 11.1 Å². The lowest BCUT2D eigenvalue weighted by Gasteiger charge is -2.23. The third-order valence-electron chi connectivity index (χ3n) is 4.27. The maximum atomic E-state index is 12.8. The summed E-state index contributed by atoms with van der Waals surface area (Å²) in [7, 11) is 4.59. The van der Waals surface area contributed by atoms with Gasteiger partial charge in [-0.05, 0) is 30.5 Å². The second-order valence-corrected chi connectivity index (χ2v) is 5.87. The van der Waals surface area contributed by atoms with E-state index in [2.05, 4.69) is 6.92 Å². The van der Waals surface area contributed by atoms with Gasteiger partial charge in [0.2, 0.25) is 5.75 Å². The second kappa shape index (κ2) is 6.44. The first-order chi connectivity index (χ1) is 10.5. The molecule has 22 heavy (non-hydrogen) atoms. The summed E-state index contributed by atoms with van der Waals surface area (Å²) < 4.78 is 16.0. The van der Waals surface area contributed by atoms with Crippen LogP contribution in [0.25, 0.3) is 0 Å². The molecule has 0 bridgehead atoms. The molecule has 0 aromatic heterocycles. The molecule has 1 saturated heterocycles. The maximum Gasteiger partial charge on any atom is 0.257 e. The van der Waals surface area contributed by atoms with E-state index in [1.165, 1.54) is 14.2 Å². The number of rotatable bonds is 5. The summed E-state index contributed by atoms with van der Waals surface area (Å²) in [5, 5.41) is 0. The van der Waals surface area contributed by atoms with E-state index < -0.39 is 0 Å². The van der Waals surface area contributed by atoms with Crippen molar-refractivity contribution < 1.29 is 19.0 Å². The molecule has 0 aliphatic carbocycles. The van der Waals surface area contributed by atoms with E-state index >= 15 is 0 Å². The molecule has 1 amide bonds. The second-order valence-electron chi connectivity index (χ2n) is 5.87. The van der Waals surface area contributed by atoms with Gasteiger partial charge >= 0.3 is 0 Å². The number of likely N-dealkylation sites (tertiary alicyclic amines) is 1. The van der Waals surface area contributed by atoms with Crippen molar-refractivity contribution in [3.05, 3.63) is 17.7 Å². The Morgan fingerprint density at radius 2 is 1.91 bits per heavy atom. The van der Waals surface area contributed by atoms with Gasteiger partial charge in [-0.3, -0.25) is 4.79 Å². The van der Waals surface area contributed by atoms with Gasteiger partial charge in [0, 0.05) is 13.1 Å². The van der Waals surface area contributed by atoms with Crippen molar-refractivity contribution in [1.82, 2.24) is 4.90 Å². The molecule has 1 aliphatic heterocycles. The smallest absolute Gasteiger partial charge is 0.257 e. The summed E-state index contributed by atoms with van der Waals surface area (Å²) in [6, 6.07) is 3.42. The SMILES string of the molecule is COc1ccc(C(=O)N2CCC(C)(CN)C2)c(OC)c1OC. The fourth-order valence-corrected chi connectivity index (χ4v) is 2.80. The standard InChI is InChI=1S/C16H24N2O4/c1-16(9-17)7-8-18(10-16)15(19)11-5-6-12(20-2)14(22-4)13(11)21-3/h5-6H,7-10,17H2,1-4H3. The van der Waals surface area contributed by atoms with Crippen LogP contribution < -0.4 is 19.9 Å². The van der Waals surface area contributed by atoms with Crippen LogP contribution >= 0.6 is 0 Å². The van der Waals surface area contributed by atoms with Gasteiger partial charge in [0.15, 0.2) is 11.5 Å². The Morgan fingerprint density at radius 3 is 2.41 bits per heavy atom. The Kier molecular flexibility index (Phi) is 4.81. The number of carbonyl (C=O) groups is 1. The number of nitrogens with two attached hydrogens (primary N) is 1. The number of hydrogen-bond donors (Lipinski definition) is 1. The summed E-state index contributed by atoms with van der Waals surface area (Å²) in [4.78, 5) is 14.6. The molecule has 1 aromatic carbocycles. The normalized spacial score (nSPS) is 20.9. The minimum absolute atomic E-state index is 0.0144. The first kappa shape index (κ1) is 16.4. The van der Waals surface area contributed by atoms with Crippen molar-refractivity contribution >= 4 is 5.91 Å². The van der Waals surface area contributed by atoms with Crippen LogP contribution in [0, 0.1) is 5.41 Å². The van der Waals surface area contributed by atoms with E-state index in [0.29, 0.717) is 42.4 Å². The molecule has 1 atom stereocenters. The fraction of sp³-hybridized carbons (Fsp3) is 0.562. The minimum atomic E-state index is -0.0741. The topological polar surface area (TPSA) is 74.0 Å². The van der Waals surface area contributed by atoms with E-state index in [1.807, 2.05) is 4.90 Å². The number of hydrogen-bond acceptors (Lipinski definition) is 5. The Labute approximate surface area is 131 Å². The molecule has 0 saturated carbocycles. The first-order valence-corrected chi connectivity index (χ1v) is 7.28. The summed E-state index contributed by atoms with van der Waals surface area (Å²) in [6.07, 6.45) is 0.908. The van der Waals surface area contributed by atoms with Gasteiger partial charge in [0.05, 0.1) is 26.9 Å². The lowest BCUT2D eigenvalue weighted by atomic mass is 9.90. The average Bonchev–Trinajstić information content (AvgIpc) is 2.95. The number of methoxy groups -OCH3 is 3. The van der Waals surface area contributed by atoms with Crippen molar-refractivity contribution in [2.75, 3.05) is 41.0 Å². The molecule has 2 rings (SSSR count). The van der Waals surface area contributed by atoms with Crippen molar-refractivity contribution in [3.8, 4) is 17.2 Å². The van der Waals surface area contributed by atoms with Gasteiger partial charge in [-0.15, -0.1) is 0 Å². The summed E-state index contributed by atoms with van der Waals surface area (Å²) in [5.74, 6) is 1.28. The molecule has 1 unspecified atom stereocenters. The van der Waals surface area contributed by atoms with Crippen LogP contribution in [-0.2, 0) is 0 Å². The van der Waals surface area contributed by atoms with Crippen molar-refractivity contribution in [1.29, 1.82) is 0 Å². The van der Waals surface area contributed by atoms with Gasteiger partial charge in [-0.25, -0.2) is 0 Å². The summed E-state index contributed by atoms with van der Waals surface area (Å²) >= 11 is 0. The molecule has 1 aromatic rings. The van der Waals surface area contributed by atoms with E-state index in [0.717, 1.165) is 6.42 Å². The van der Waals surface area contributed by atoms with Gasteiger partial charge in [-0.1, -0.05) is 6.92 Å². The monoisotopic (exact) mass is 308 g/mol. The predicted octanol–water partition coefficient (Wildman–Crippen LogP) is 1.52. The van der Waals surface area contributed by atoms with Crippen LogP contribution in [0.1, 0.15) is 23.7 Å². The number of carbonyl (C=O) groups excluding carboxylic acids is 1. The van der Waals surface area contributed by atoms with E-state index in [1.54, 1.807) is 19.2 Å². The average molecular weight is 308 g/mol. The zero-order chi connectivity index (χ0) is 16.3. The zero-order valence-corrected chi connectivity index (χ0v) is 13.6. The van der Waals surface area contributed by atoms with E-state index in [-0.39, 0.29) is 11.3 Å². The largest absolute Gasteiger partial charge is 0.493 e. The molecule has 0 radical (unpaired) electrons. The molecule has 122 valence electrons. The number of amides is 1. The number of benzene rings is 1. The van der Waals surface area contributed by atoms with Crippen LogP contribution in [-0.4, -0.2) is 51.8 Å². The van der Waals surface area contributed by atoms with Crippen LogP contribution in [0.2, 0.25) is 0 Å². The minimum Gasteiger partial charge on any atom is -0.493 e. The molecular formula is C16H24N2O4. The van der Waals surface area contributed by atoms with Crippen LogP contribution in [0.4, 0.5) is 0 Å². The third kappa shape index (κ3) is 2.83. The quantitative estimate of drug-likeness (QED) is 0.893. The molecule has 2 N–H and O–H groups in total. The Morgan fingerprint density at radius 1 is 1.23 bits per heavy atom. The van der Waals surface area contributed by atoms with Gasteiger partial charge in [-0.2, -0.15) is 0 Å². The highest BCUT2D eigenvalue weighted by Gasteiger charge is 2.36. The lowest BCUT2D eigenvalue weighted by Crippen LogP contribution is -2.34. The highest BCUT2D eigenvalue weighted by molar-refractivity contribution is 5.98. The Bertz CT molecular complexity index is 561. The lowest BCUT2D eigenvalue weighted by molar-refractivity contribution is 0.0772. The Hall–Kier alpha value is -1.95. The molecule has 0 spiro atoms. The molecule has 1 aliphatic rings. The maximum absolute atomic E-state index is 12.8. The van der Waals surface area contributed by atoms with Gasteiger partial charge in [0.1, 0.15) is 0 Å². The van der Waals surface area contributed by atoms with Crippen molar-refractivity contribution in [3.63, 3.8) is 0 Å². The van der Waals surface area contributed by atoms with Crippen LogP contribution in [0.15, 0.2) is 12.1 Å². The molecule has 1 fully saturated rings. The predicted molar refractivity (Wildman–Crippen MR) is 83.8 cm³/mol. The molecular weight excluding hydrogens is 284 g/mol. The van der Waals surface area contributed by atoms with Crippen LogP contribution in [0.3, 0.4) is 0 Å². The highest BCUT2D eigenvalue weighted by Crippen LogP contribution is 2.41. The summed E-state index contributed by atoms with van der Waals surface area (Å²) in [5.41, 5.74) is 6.27.